The maximum absolute atomic E-state index is 13.3. The SMILES string of the molecule is COc1cccc(S(=O)(=O)N(Cc2ccc(F)cc2)c2cccc(Cl)c2)c1. The second-order valence-corrected chi connectivity index (χ2v) is 8.10. The highest BCUT2D eigenvalue weighted by Crippen LogP contribution is 2.29. The average Bonchev–Trinajstić information content (AvgIpc) is 2.67. The molecule has 0 bridgehead atoms. The third-order valence-corrected chi connectivity index (χ3v) is 5.97. The zero-order valence-electron chi connectivity index (χ0n) is 14.5. The topological polar surface area (TPSA) is 46.6 Å². The first-order valence-corrected chi connectivity index (χ1v) is 9.89. The summed E-state index contributed by atoms with van der Waals surface area (Å²) in [7, 11) is -2.44. The molecule has 0 radical (unpaired) electrons. The van der Waals surface area contributed by atoms with Gasteiger partial charge in [0.05, 0.1) is 24.2 Å². The third-order valence-electron chi connectivity index (χ3n) is 3.96. The van der Waals surface area contributed by atoms with Gasteiger partial charge >= 0.3 is 0 Å². The number of methoxy groups -OCH3 is 1. The molecule has 4 nitrogen and oxygen atoms in total. The molecule has 3 rings (SSSR count). The van der Waals surface area contributed by atoms with E-state index in [1.807, 2.05) is 0 Å². The van der Waals surface area contributed by atoms with E-state index in [1.54, 1.807) is 48.5 Å². The molecule has 0 unspecified atom stereocenters. The van der Waals surface area contributed by atoms with Gasteiger partial charge in [-0.25, -0.2) is 12.8 Å². The van der Waals surface area contributed by atoms with Gasteiger partial charge in [-0.05, 0) is 48.0 Å². The van der Waals surface area contributed by atoms with Gasteiger partial charge < -0.3 is 4.74 Å². The van der Waals surface area contributed by atoms with Crippen LogP contribution in [0.15, 0.2) is 77.7 Å². The summed E-state index contributed by atoms with van der Waals surface area (Å²) >= 11 is 6.07. The van der Waals surface area contributed by atoms with Gasteiger partial charge in [0.2, 0.25) is 0 Å². The molecule has 3 aromatic rings. The summed E-state index contributed by atoms with van der Waals surface area (Å²) < 4.78 is 46.3. The van der Waals surface area contributed by atoms with Crippen LogP contribution in [-0.2, 0) is 16.6 Å². The lowest BCUT2D eigenvalue weighted by Gasteiger charge is -2.25. The highest BCUT2D eigenvalue weighted by atomic mass is 35.5. The standard InChI is InChI=1S/C20H17ClFNO3S/c1-26-19-6-3-7-20(13-19)27(24,25)23(18-5-2-4-16(21)12-18)14-15-8-10-17(22)11-9-15/h2-13H,14H2,1H3. The molecule has 140 valence electrons. The lowest BCUT2D eigenvalue weighted by molar-refractivity contribution is 0.413. The Morgan fingerprint density at radius 1 is 1.00 bits per heavy atom. The zero-order valence-corrected chi connectivity index (χ0v) is 16.0. The van der Waals surface area contributed by atoms with Crippen molar-refractivity contribution in [3.05, 3.63) is 89.2 Å². The molecule has 0 atom stereocenters. The Balaban J connectivity index is 2.08. The summed E-state index contributed by atoms with van der Waals surface area (Å²) in [5, 5.41) is 0.414. The predicted molar refractivity (Wildman–Crippen MR) is 104 cm³/mol. The summed E-state index contributed by atoms with van der Waals surface area (Å²) in [6, 6.07) is 18.5. The van der Waals surface area contributed by atoms with Crippen LogP contribution in [0.3, 0.4) is 0 Å². The van der Waals surface area contributed by atoms with Crippen molar-refractivity contribution < 1.29 is 17.5 Å². The van der Waals surface area contributed by atoms with Crippen LogP contribution < -0.4 is 9.04 Å². The fourth-order valence-corrected chi connectivity index (χ4v) is 4.26. The van der Waals surface area contributed by atoms with Crippen LogP contribution in [0.4, 0.5) is 10.1 Å². The number of halogens is 2. The molecule has 0 aromatic heterocycles. The van der Waals surface area contributed by atoms with Crippen molar-refractivity contribution in [2.45, 2.75) is 11.4 Å². The fraction of sp³-hybridized carbons (Fsp3) is 0.100. The molecule has 0 aliphatic heterocycles. The van der Waals surface area contributed by atoms with Crippen LogP contribution in [0.25, 0.3) is 0 Å². The third kappa shape index (κ3) is 4.40. The van der Waals surface area contributed by atoms with Gasteiger partial charge in [-0.1, -0.05) is 35.9 Å². The van der Waals surface area contributed by atoms with Crippen molar-refractivity contribution in [1.82, 2.24) is 0 Å². The monoisotopic (exact) mass is 405 g/mol. The van der Waals surface area contributed by atoms with Crippen LogP contribution in [0.2, 0.25) is 5.02 Å². The van der Waals surface area contributed by atoms with Crippen molar-refractivity contribution in [2.75, 3.05) is 11.4 Å². The molecule has 0 amide bonds. The van der Waals surface area contributed by atoms with Crippen molar-refractivity contribution in [3.63, 3.8) is 0 Å². The van der Waals surface area contributed by atoms with Crippen LogP contribution in [0.1, 0.15) is 5.56 Å². The van der Waals surface area contributed by atoms with Crippen molar-refractivity contribution >= 4 is 27.3 Å². The Morgan fingerprint density at radius 3 is 2.37 bits per heavy atom. The first-order chi connectivity index (χ1) is 12.9. The summed E-state index contributed by atoms with van der Waals surface area (Å²) in [5.74, 6) is 0.0487. The highest BCUT2D eigenvalue weighted by Gasteiger charge is 2.26. The Morgan fingerprint density at radius 2 is 1.70 bits per heavy atom. The number of hydrogen-bond donors (Lipinski definition) is 0. The number of nitrogens with zero attached hydrogens (tertiary/aromatic N) is 1. The zero-order chi connectivity index (χ0) is 19.4. The van der Waals surface area contributed by atoms with Crippen LogP contribution >= 0.6 is 11.6 Å². The maximum atomic E-state index is 13.3. The molecule has 0 N–H and O–H groups in total. The van der Waals surface area contributed by atoms with E-state index in [2.05, 4.69) is 0 Å². The molecule has 0 spiro atoms. The number of anilines is 1. The van der Waals surface area contributed by atoms with Gasteiger partial charge in [-0.15, -0.1) is 0 Å². The van der Waals surface area contributed by atoms with Gasteiger partial charge in [0.15, 0.2) is 0 Å². The Kier molecular flexibility index (Phi) is 5.68. The number of sulfonamides is 1. The van der Waals surface area contributed by atoms with E-state index in [1.165, 1.54) is 35.7 Å². The number of ether oxygens (including phenoxy) is 1. The molecule has 0 heterocycles. The smallest absolute Gasteiger partial charge is 0.264 e. The second kappa shape index (κ2) is 7.98. The van der Waals surface area contributed by atoms with E-state index in [4.69, 9.17) is 16.3 Å². The van der Waals surface area contributed by atoms with Crippen LogP contribution in [-0.4, -0.2) is 15.5 Å². The average molecular weight is 406 g/mol. The summed E-state index contributed by atoms with van der Waals surface area (Å²) in [5.41, 5.74) is 1.05. The first-order valence-electron chi connectivity index (χ1n) is 8.07. The minimum absolute atomic E-state index is 0.0279. The number of hydrogen-bond acceptors (Lipinski definition) is 3. The van der Waals surface area contributed by atoms with Crippen molar-refractivity contribution in [2.24, 2.45) is 0 Å². The minimum atomic E-state index is -3.91. The Bertz CT molecular complexity index is 1040. The first kappa shape index (κ1) is 19.2. The van der Waals surface area contributed by atoms with E-state index in [9.17, 15) is 12.8 Å². The Labute approximate surface area is 162 Å². The molecule has 0 aliphatic rings. The van der Waals surface area contributed by atoms with Gasteiger partial charge in [-0.2, -0.15) is 0 Å². The van der Waals surface area contributed by atoms with Crippen LogP contribution in [0.5, 0.6) is 5.75 Å². The van der Waals surface area contributed by atoms with Gasteiger partial charge in [0.25, 0.3) is 10.0 Å². The molecule has 7 heteroatoms. The largest absolute Gasteiger partial charge is 0.497 e. The van der Waals surface area contributed by atoms with Gasteiger partial charge in [0.1, 0.15) is 11.6 Å². The lowest BCUT2D eigenvalue weighted by atomic mass is 10.2. The lowest BCUT2D eigenvalue weighted by Crippen LogP contribution is -2.30. The van der Waals surface area contributed by atoms with E-state index >= 15 is 0 Å². The Hall–Kier alpha value is -2.57. The van der Waals surface area contributed by atoms with E-state index < -0.39 is 10.0 Å². The molecule has 0 saturated carbocycles. The highest BCUT2D eigenvalue weighted by molar-refractivity contribution is 7.92. The number of benzene rings is 3. The molecular weight excluding hydrogens is 389 g/mol. The molecular formula is C20H17ClFNO3S. The quantitative estimate of drug-likeness (QED) is 0.587. The molecule has 0 aliphatic carbocycles. The van der Waals surface area contributed by atoms with E-state index in [0.717, 1.165) is 0 Å². The molecule has 27 heavy (non-hydrogen) atoms. The van der Waals surface area contributed by atoms with Crippen molar-refractivity contribution in [1.29, 1.82) is 0 Å². The molecule has 0 saturated heterocycles. The predicted octanol–water partition coefficient (Wildman–Crippen LogP) is 4.88. The normalized spacial score (nSPS) is 11.2. The van der Waals surface area contributed by atoms with Gasteiger partial charge in [-0.3, -0.25) is 4.31 Å². The van der Waals surface area contributed by atoms with Gasteiger partial charge in [0, 0.05) is 11.1 Å². The summed E-state index contributed by atoms with van der Waals surface area (Å²) in [6.07, 6.45) is 0. The molecule has 3 aromatic carbocycles. The second-order valence-electron chi connectivity index (χ2n) is 5.80. The van der Waals surface area contributed by atoms with E-state index in [-0.39, 0.29) is 17.3 Å². The summed E-state index contributed by atoms with van der Waals surface area (Å²) in [6.45, 7) is 0.0279. The minimum Gasteiger partial charge on any atom is -0.497 e. The van der Waals surface area contributed by atoms with Crippen LogP contribution in [0, 0.1) is 5.82 Å². The van der Waals surface area contributed by atoms with Crippen molar-refractivity contribution in [3.8, 4) is 5.75 Å². The summed E-state index contributed by atoms with van der Waals surface area (Å²) in [4.78, 5) is 0.0870. The molecule has 0 fully saturated rings. The van der Waals surface area contributed by atoms with E-state index in [0.29, 0.717) is 22.0 Å². The fourth-order valence-electron chi connectivity index (χ4n) is 2.59. The maximum Gasteiger partial charge on any atom is 0.264 e. The number of rotatable bonds is 6.